The van der Waals surface area contributed by atoms with Crippen LogP contribution in [0.4, 0.5) is 5.13 Å². The van der Waals surface area contributed by atoms with Crippen LogP contribution in [-0.4, -0.2) is 32.5 Å². The molecule has 0 saturated carbocycles. The number of anilines is 1. The van der Waals surface area contributed by atoms with Gasteiger partial charge in [-0.1, -0.05) is 28.7 Å². The molecule has 7 nitrogen and oxygen atoms in total. The van der Waals surface area contributed by atoms with Gasteiger partial charge in [-0.3, -0.25) is 10.1 Å². The Hall–Kier alpha value is -3.26. The van der Waals surface area contributed by atoms with Crippen LogP contribution in [0.3, 0.4) is 0 Å². The van der Waals surface area contributed by atoms with Gasteiger partial charge >= 0.3 is 0 Å². The summed E-state index contributed by atoms with van der Waals surface area (Å²) in [5.41, 5.74) is 3.73. The first-order valence-electron chi connectivity index (χ1n) is 8.89. The molecule has 1 N–H and O–H groups in total. The molecule has 0 saturated heterocycles. The number of hydrogen-bond acceptors (Lipinski definition) is 6. The molecule has 4 rings (SSSR count). The first kappa shape index (κ1) is 18.1. The third-order valence-electron chi connectivity index (χ3n) is 4.25. The second-order valence-corrected chi connectivity index (χ2v) is 7.34. The number of amides is 1. The van der Waals surface area contributed by atoms with Gasteiger partial charge in [0.25, 0.3) is 5.91 Å². The van der Waals surface area contributed by atoms with Crippen LogP contribution in [0.5, 0.6) is 5.75 Å². The second kappa shape index (κ2) is 7.40. The predicted molar refractivity (Wildman–Crippen MR) is 110 cm³/mol. The van der Waals surface area contributed by atoms with Crippen LogP contribution in [-0.2, 0) is 0 Å². The summed E-state index contributed by atoms with van der Waals surface area (Å²) in [6.45, 7) is 6.37. The van der Waals surface area contributed by atoms with Gasteiger partial charge in [0.2, 0.25) is 0 Å². The van der Waals surface area contributed by atoms with Crippen molar-refractivity contribution in [2.24, 2.45) is 0 Å². The van der Waals surface area contributed by atoms with Crippen molar-refractivity contribution in [3.8, 4) is 11.4 Å². The lowest BCUT2D eigenvalue weighted by molar-refractivity contribution is 0.102. The van der Waals surface area contributed by atoms with E-state index in [2.05, 4.69) is 20.6 Å². The zero-order valence-corrected chi connectivity index (χ0v) is 16.6. The van der Waals surface area contributed by atoms with Gasteiger partial charge in [0, 0.05) is 0 Å². The van der Waals surface area contributed by atoms with Gasteiger partial charge in [0.05, 0.1) is 28.2 Å². The number of ether oxygens (including phenoxy) is 1. The highest BCUT2D eigenvalue weighted by atomic mass is 32.1. The molecular formula is C20H19N5O2S. The number of hydrogen-bond donors (Lipinski definition) is 1. The molecule has 4 aromatic rings. The summed E-state index contributed by atoms with van der Waals surface area (Å²) in [6.07, 6.45) is 0. The van der Waals surface area contributed by atoms with E-state index in [0.717, 1.165) is 27.2 Å². The quantitative estimate of drug-likeness (QED) is 0.551. The molecule has 0 aliphatic carbocycles. The number of rotatable bonds is 5. The van der Waals surface area contributed by atoms with Crippen molar-refractivity contribution in [2.45, 2.75) is 20.8 Å². The molecule has 0 fully saturated rings. The van der Waals surface area contributed by atoms with E-state index in [9.17, 15) is 4.79 Å². The van der Waals surface area contributed by atoms with E-state index >= 15 is 0 Å². The Morgan fingerprint density at radius 2 is 2.07 bits per heavy atom. The minimum Gasteiger partial charge on any atom is -0.494 e. The van der Waals surface area contributed by atoms with Crippen molar-refractivity contribution in [2.75, 3.05) is 11.9 Å². The molecule has 2 aromatic carbocycles. The molecule has 0 spiro atoms. The number of nitrogens with zero attached hydrogens (tertiary/aromatic N) is 4. The lowest BCUT2D eigenvalue weighted by Gasteiger charge is -2.04. The maximum absolute atomic E-state index is 12.7. The number of carbonyl (C=O) groups is 1. The van der Waals surface area contributed by atoms with Crippen molar-refractivity contribution in [3.63, 3.8) is 0 Å². The fraction of sp³-hybridized carbons (Fsp3) is 0.200. The van der Waals surface area contributed by atoms with Gasteiger partial charge in [-0.05, 0) is 56.7 Å². The summed E-state index contributed by atoms with van der Waals surface area (Å²) in [5, 5.41) is 11.5. The Kier molecular flexibility index (Phi) is 4.79. The fourth-order valence-electron chi connectivity index (χ4n) is 2.92. The van der Waals surface area contributed by atoms with Gasteiger partial charge in [-0.25, -0.2) is 9.67 Å². The average Bonchev–Trinajstić information content (AvgIpc) is 3.24. The number of carbonyl (C=O) groups excluding carboxylic acids is 1. The lowest BCUT2D eigenvalue weighted by Crippen LogP contribution is -2.14. The smallest absolute Gasteiger partial charge is 0.279 e. The third kappa shape index (κ3) is 3.46. The van der Waals surface area contributed by atoms with Crippen LogP contribution in [0.2, 0.25) is 0 Å². The van der Waals surface area contributed by atoms with Crippen LogP contribution >= 0.6 is 11.3 Å². The van der Waals surface area contributed by atoms with E-state index in [4.69, 9.17) is 4.74 Å². The van der Waals surface area contributed by atoms with E-state index < -0.39 is 0 Å². The number of aryl methyl sites for hydroxylation is 1. The standard InChI is InChI=1S/C20H19N5O2S/c1-4-27-15-8-9-16-17(11-15)28-20(21-16)22-19(26)18-13(3)25(24-23-18)14-7-5-6-12(2)10-14/h5-11H,4H2,1-3H3,(H,21,22,26). The van der Waals surface area contributed by atoms with Gasteiger partial charge in [0.15, 0.2) is 10.8 Å². The largest absolute Gasteiger partial charge is 0.494 e. The summed E-state index contributed by atoms with van der Waals surface area (Å²) in [7, 11) is 0. The highest BCUT2D eigenvalue weighted by molar-refractivity contribution is 7.22. The molecule has 0 radical (unpaired) electrons. The molecule has 0 atom stereocenters. The molecule has 0 aliphatic heterocycles. The van der Waals surface area contributed by atoms with E-state index in [1.165, 1.54) is 11.3 Å². The molecule has 2 heterocycles. The number of aromatic nitrogens is 4. The second-order valence-electron chi connectivity index (χ2n) is 6.31. The van der Waals surface area contributed by atoms with Crippen molar-refractivity contribution >= 4 is 32.6 Å². The van der Waals surface area contributed by atoms with Gasteiger partial charge in [-0.15, -0.1) is 5.10 Å². The van der Waals surface area contributed by atoms with Crippen LogP contribution in [0.15, 0.2) is 42.5 Å². The van der Waals surface area contributed by atoms with Crippen molar-refractivity contribution in [1.29, 1.82) is 0 Å². The van der Waals surface area contributed by atoms with Crippen LogP contribution in [0.1, 0.15) is 28.7 Å². The van der Waals surface area contributed by atoms with E-state index in [1.54, 1.807) is 4.68 Å². The minimum atomic E-state index is -0.333. The van der Waals surface area contributed by atoms with E-state index in [-0.39, 0.29) is 11.6 Å². The molecule has 142 valence electrons. The van der Waals surface area contributed by atoms with Crippen molar-refractivity contribution in [1.82, 2.24) is 20.0 Å². The topological polar surface area (TPSA) is 81.9 Å². The molecule has 2 aromatic heterocycles. The van der Waals surface area contributed by atoms with Crippen molar-refractivity contribution in [3.05, 3.63) is 59.4 Å². The van der Waals surface area contributed by atoms with Gasteiger partial charge < -0.3 is 4.74 Å². The minimum absolute atomic E-state index is 0.274. The zero-order chi connectivity index (χ0) is 19.7. The Bertz CT molecular complexity index is 1160. The first-order valence-corrected chi connectivity index (χ1v) is 9.71. The molecule has 0 aliphatic rings. The molecule has 8 heteroatoms. The number of benzene rings is 2. The summed E-state index contributed by atoms with van der Waals surface area (Å²) in [6, 6.07) is 13.6. The van der Waals surface area contributed by atoms with E-state index in [1.807, 2.05) is 63.2 Å². The molecule has 0 bridgehead atoms. The SMILES string of the molecule is CCOc1ccc2nc(NC(=O)c3nnn(-c4cccc(C)c4)c3C)sc2c1. The number of nitrogens with one attached hydrogen (secondary N) is 1. The zero-order valence-electron chi connectivity index (χ0n) is 15.8. The monoisotopic (exact) mass is 393 g/mol. The average molecular weight is 393 g/mol. The summed E-state index contributed by atoms with van der Waals surface area (Å²) in [5.74, 6) is 0.453. The number of fused-ring (bicyclic) bond motifs is 1. The molecular weight excluding hydrogens is 374 g/mol. The Morgan fingerprint density at radius 1 is 1.21 bits per heavy atom. The maximum Gasteiger partial charge on any atom is 0.279 e. The van der Waals surface area contributed by atoms with Crippen LogP contribution in [0.25, 0.3) is 15.9 Å². The maximum atomic E-state index is 12.7. The molecule has 0 unspecified atom stereocenters. The number of thiazole rings is 1. The normalized spacial score (nSPS) is 11.0. The first-order chi connectivity index (χ1) is 13.5. The Balaban J connectivity index is 1.58. The summed E-state index contributed by atoms with van der Waals surface area (Å²) in [4.78, 5) is 17.2. The highest BCUT2D eigenvalue weighted by Crippen LogP contribution is 2.29. The Morgan fingerprint density at radius 3 is 2.86 bits per heavy atom. The van der Waals surface area contributed by atoms with E-state index in [0.29, 0.717) is 17.4 Å². The highest BCUT2D eigenvalue weighted by Gasteiger charge is 2.19. The predicted octanol–water partition coefficient (Wildman–Crippen LogP) is 4.14. The fourth-order valence-corrected chi connectivity index (χ4v) is 3.80. The van der Waals surface area contributed by atoms with Crippen LogP contribution < -0.4 is 10.1 Å². The third-order valence-corrected chi connectivity index (χ3v) is 5.18. The van der Waals surface area contributed by atoms with Crippen LogP contribution in [0, 0.1) is 13.8 Å². The van der Waals surface area contributed by atoms with Gasteiger partial charge in [-0.2, -0.15) is 0 Å². The van der Waals surface area contributed by atoms with Gasteiger partial charge in [0.1, 0.15) is 5.75 Å². The van der Waals surface area contributed by atoms with Crippen molar-refractivity contribution < 1.29 is 9.53 Å². The summed E-state index contributed by atoms with van der Waals surface area (Å²) >= 11 is 1.39. The molecule has 28 heavy (non-hydrogen) atoms. The Labute approximate surface area is 166 Å². The lowest BCUT2D eigenvalue weighted by atomic mass is 10.2. The summed E-state index contributed by atoms with van der Waals surface area (Å²) < 4.78 is 8.12. The molecule has 1 amide bonds.